The Hall–Kier alpha value is -1.59. The topological polar surface area (TPSA) is 38.7 Å². The Kier molecular flexibility index (Phi) is 3.87. The van der Waals surface area contributed by atoms with E-state index >= 15 is 0 Å². The van der Waals surface area contributed by atoms with Crippen LogP contribution in [0.2, 0.25) is 0 Å². The van der Waals surface area contributed by atoms with Crippen LogP contribution in [0.1, 0.15) is 29.8 Å². The molecule has 2 aromatic rings. The van der Waals surface area contributed by atoms with Crippen LogP contribution >= 0.6 is 15.9 Å². The van der Waals surface area contributed by atoms with Gasteiger partial charge < -0.3 is 14.6 Å². The highest BCUT2D eigenvalue weighted by atomic mass is 79.9. The molecule has 1 heterocycles. The molecule has 1 aliphatic rings. The molecule has 0 saturated heterocycles. The number of rotatable bonds is 2. The molecular weight excluding hydrogens is 339 g/mol. The zero-order valence-electron chi connectivity index (χ0n) is 11.3. The molecule has 0 saturated carbocycles. The van der Waals surface area contributed by atoms with Crippen molar-refractivity contribution in [1.29, 1.82) is 0 Å². The van der Waals surface area contributed by atoms with Gasteiger partial charge in [-0.1, -0.05) is 6.07 Å². The van der Waals surface area contributed by atoms with Crippen molar-refractivity contribution in [3.8, 4) is 11.5 Å². The Morgan fingerprint density at radius 2 is 2.10 bits per heavy atom. The first-order chi connectivity index (χ1) is 10.1. The molecule has 2 aromatic carbocycles. The van der Waals surface area contributed by atoms with Crippen LogP contribution in [0.15, 0.2) is 40.9 Å². The van der Waals surface area contributed by atoms with Crippen LogP contribution < -0.4 is 9.47 Å². The Morgan fingerprint density at radius 1 is 1.29 bits per heavy atom. The van der Waals surface area contributed by atoms with Gasteiger partial charge in [-0.2, -0.15) is 0 Å². The summed E-state index contributed by atoms with van der Waals surface area (Å²) < 4.78 is 25.1. The minimum Gasteiger partial charge on any atom is -0.497 e. The van der Waals surface area contributed by atoms with Gasteiger partial charge in [0.25, 0.3) is 0 Å². The van der Waals surface area contributed by atoms with E-state index in [0.29, 0.717) is 33.5 Å². The summed E-state index contributed by atoms with van der Waals surface area (Å²) in [6, 6.07) is 10.2. The fourth-order valence-corrected chi connectivity index (χ4v) is 2.72. The van der Waals surface area contributed by atoms with E-state index < -0.39 is 6.10 Å². The summed E-state index contributed by atoms with van der Waals surface area (Å²) in [5.41, 5.74) is 1.40. The Balaban J connectivity index is 1.92. The van der Waals surface area contributed by atoms with Gasteiger partial charge in [0.15, 0.2) is 0 Å². The highest BCUT2D eigenvalue weighted by Gasteiger charge is 2.28. The van der Waals surface area contributed by atoms with Crippen molar-refractivity contribution in [2.24, 2.45) is 0 Å². The number of aliphatic hydroxyl groups excluding tert-OH is 1. The predicted molar refractivity (Wildman–Crippen MR) is 80.0 cm³/mol. The van der Waals surface area contributed by atoms with Crippen molar-refractivity contribution in [1.82, 2.24) is 0 Å². The Morgan fingerprint density at radius 3 is 2.81 bits per heavy atom. The summed E-state index contributed by atoms with van der Waals surface area (Å²) in [4.78, 5) is 0. The zero-order chi connectivity index (χ0) is 15.0. The van der Waals surface area contributed by atoms with Crippen molar-refractivity contribution in [2.45, 2.75) is 18.6 Å². The lowest BCUT2D eigenvalue weighted by Crippen LogP contribution is -2.19. The number of halogens is 2. The fourth-order valence-electron chi connectivity index (χ4n) is 2.47. The van der Waals surface area contributed by atoms with Crippen LogP contribution in [-0.4, -0.2) is 12.2 Å². The molecule has 2 atom stereocenters. The molecule has 0 amide bonds. The van der Waals surface area contributed by atoms with Gasteiger partial charge in [-0.25, -0.2) is 4.39 Å². The monoisotopic (exact) mass is 352 g/mol. The summed E-state index contributed by atoms with van der Waals surface area (Å²) >= 11 is 3.13. The summed E-state index contributed by atoms with van der Waals surface area (Å²) in [7, 11) is 1.57. The van der Waals surface area contributed by atoms with Crippen LogP contribution in [0.3, 0.4) is 0 Å². The lowest BCUT2D eigenvalue weighted by Gasteiger charge is -2.30. The molecule has 0 bridgehead atoms. The van der Waals surface area contributed by atoms with Gasteiger partial charge in [0.05, 0.1) is 17.7 Å². The molecule has 0 spiro atoms. The standard InChI is InChI=1S/C16H14BrFO3/c1-20-10-3-5-15-11(7-10)14(19)8-16(21-15)9-2-4-12(17)13(18)6-9/h2-7,14,16,19H,8H2,1H3. The summed E-state index contributed by atoms with van der Waals surface area (Å²) in [6.45, 7) is 0. The van der Waals surface area contributed by atoms with Gasteiger partial charge in [0, 0.05) is 12.0 Å². The third-order valence-electron chi connectivity index (χ3n) is 3.60. The van der Waals surface area contributed by atoms with Gasteiger partial charge >= 0.3 is 0 Å². The molecule has 0 aromatic heterocycles. The number of aliphatic hydroxyl groups is 1. The third-order valence-corrected chi connectivity index (χ3v) is 4.24. The smallest absolute Gasteiger partial charge is 0.137 e. The number of ether oxygens (including phenoxy) is 2. The van der Waals surface area contributed by atoms with Crippen molar-refractivity contribution < 1.29 is 19.0 Å². The Labute approximate surface area is 130 Å². The maximum absolute atomic E-state index is 13.6. The van der Waals surface area contributed by atoms with E-state index in [9.17, 15) is 9.50 Å². The van der Waals surface area contributed by atoms with E-state index in [1.54, 1.807) is 37.4 Å². The highest BCUT2D eigenvalue weighted by molar-refractivity contribution is 9.10. The lowest BCUT2D eigenvalue weighted by molar-refractivity contribution is 0.0653. The number of hydrogen-bond acceptors (Lipinski definition) is 3. The van der Waals surface area contributed by atoms with Crippen LogP contribution in [0.5, 0.6) is 11.5 Å². The first kappa shape index (κ1) is 14.4. The van der Waals surface area contributed by atoms with Gasteiger partial charge in [-0.05, 0) is 51.8 Å². The quantitative estimate of drug-likeness (QED) is 0.882. The molecule has 0 radical (unpaired) electrons. The van der Waals surface area contributed by atoms with Gasteiger partial charge in [0.1, 0.15) is 23.4 Å². The first-order valence-electron chi connectivity index (χ1n) is 6.56. The molecule has 3 nitrogen and oxygen atoms in total. The van der Waals surface area contributed by atoms with Gasteiger partial charge in [0.2, 0.25) is 0 Å². The molecule has 0 fully saturated rings. The third kappa shape index (κ3) is 2.76. The molecule has 21 heavy (non-hydrogen) atoms. The van der Waals surface area contributed by atoms with Crippen molar-refractivity contribution in [3.05, 3.63) is 57.8 Å². The SMILES string of the molecule is COc1ccc2c(c1)C(O)CC(c1ccc(Br)c(F)c1)O2. The summed E-state index contributed by atoms with van der Waals surface area (Å²) in [5, 5.41) is 10.3. The molecule has 5 heteroatoms. The predicted octanol–water partition coefficient (Wildman–Crippen LogP) is 4.15. The number of methoxy groups -OCH3 is 1. The maximum Gasteiger partial charge on any atom is 0.137 e. The molecule has 1 aliphatic heterocycles. The minimum absolute atomic E-state index is 0.342. The average molecular weight is 353 g/mol. The van der Waals surface area contributed by atoms with Crippen LogP contribution in [0.25, 0.3) is 0 Å². The second kappa shape index (κ2) is 5.66. The maximum atomic E-state index is 13.6. The highest BCUT2D eigenvalue weighted by Crippen LogP contribution is 2.42. The second-order valence-electron chi connectivity index (χ2n) is 4.94. The largest absolute Gasteiger partial charge is 0.497 e. The number of benzene rings is 2. The van der Waals surface area contributed by atoms with E-state index in [1.807, 2.05) is 0 Å². The number of fused-ring (bicyclic) bond motifs is 1. The zero-order valence-corrected chi connectivity index (χ0v) is 12.9. The van der Waals surface area contributed by atoms with Crippen molar-refractivity contribution >= 4 is 15.9 Å². The normalized spacial score (nSPS) is 20.6. The van der Waals surface area contributed by atoms with E-state index in [4.69, 9.17) is 9.47 Å². The molecule has 3 rings (SSSR count). The second-order valence-corrected chi connectivity index (χ2v) is 5.79. The fraction of sp³-hybridized carbons (Fsp3) is 0.250. The van der Waals surface area contributed by atoms with E-state index in [0.717, 1.165) is 0 Å². The molecule has 0 aliphatic carbocycles. The van der Waals surface area contributed by atoms with Crippen LogP contribution in [0, 0.1) is 5.82 Å². The summed E-state index contributed by atoms with van der Waals surface area (Å²) in [6.07, 6.45) is -0.662. The lowest BCUT2D eigenvalue weighted by atomic mass is 9.95. The molecule has 1 N–H and O–H groups in total. The van der Waals surface area contributed by atoms with Crippen molar-refractivity contribution in [3.63, 3.8) is 0 Å². The van der Waals surface area contributed by atoms with E-state index in [2.05, 4.69) is 15.9 Å². The van der Waals surface area contributed by atoms with E-state index in [1.165, 1.54) is 6.07 Å². The average Bonchev–Trinajstić information content (AvgIpc) is 2.49. The molecule has 2 unspecified atom stereocenters. The minimum atomic E-state index is -0.666. The van der Waals surface area contributed by atoms with Gasteiger partial charge in [-0.3, -0.25) is 0 Å². The Bertz CT molecular complexity index is 675. The van der Waals surface area contributed by atoms with E-state index in [-0.39, 0.29) is 11.9 Å². The molecular formula is C16H14BrFO3. The van der Waals surface area contributed by atoms with Crippen LogP contribution in [0.4, 0.5) is 4.39 Å². The van der Waals surface area contributed by atoms with Gasteiger partial charge in [-0.15, -0.1) is 0 Å². The first-order valence-corrected chi connectivity index (χ1v) is 7.35. The summed E-state index contributed by atoms with van der Waals surface area (Å²) in [5.74, 6) is 0.929. The number of hydrogen-bond donors (Lipinski definition) is 1. The van der Waals surface area contributed by atoms with Crippen molar-refractivity contribution in [2.75, 3.05) is 7.11 Å². The van der Waals surface area contributed by atoms with Crippen LogP contribution in [-0.2, 0) is 0 Å². The molecule has 110 valence electrons.